The number of ether oxygens (including phenoxy) is 1. The van der Waals surface area contributed by atoms with Crippen LogP contribution in [-0.2, 0) is 0 Å². The van der Waals surface area contributed by atoms with Gasteiger partial charge in [-0.05, 0) is 49.8 Å². The van der Waals surface area contributed by atoms with E-state index in [0.717, 1.165) is 29.6 Å². The van der Waals surface area contributed by atoms with Gasteiger partial charge >= 0.3 is 0 Å². The molecule has 2 bridgehead atoms. The van der Waals surface area contributed by atoms with Crippen LogP contribution < -0.4 is 4.74 Å². The zero-order valence-corrected chi connectivity index (χ0v) is 16.6. The molecule has 0 radical (unpaired) electrons. The van der Waals surface area contributed by atoms with Gasteiger partial charge in [-0.2, -0.15) is 10.2 Å². The van der Waals surface area contributed by atoms with Crippen LogP contribution in [0.25, 0.3) is 5.69 Å². The summed E-state index contributed by atoms with van der Waals surface area (Å²) < 4.78 is 20.8. The van der Waals surface area contributed by atoms with E-state index in [9.17, 15) is 9.18 Å². The average Bonchev–Trinajstić information content (AvgIpc) is 3.29. The van der Waals surface area contributed by atoms with Crippen molar-refractivity contribution < 1.29 is 13.9 Å². The van der Waals surface area contributed by atoms with Crippen LogP contribution >= 0.6 is 0 Å². The van der Waals surface area contributed by atoms with Crippen LogP contribution in [0.15, 0.2) is 48.9 Å². The third kappa shape index (κ3) is 3.32. The molecule has 3 atom stereocenters. The predicted molar refractivity (Wildman–Crippen MR) is 107 cm³/mol. The standard InChI is InChI=1S/C22H22FN5O2/c1-14-5-8-20(24-12-14)30-19-11-15-6-7-18(19)27(13-15)22(29)16-3-2-4-17(23)21(16)28-25-9-10-26-28/h2-5,8-10,12,15,18-19H,6-7,11,13H2,1H3. The number of aryl methyl sites for hydroxylation is 1. The number of piperidine rings is 2. The Labute approximate surface area is 173 Å². The highest BCUT2D eigenvalue weighted by Gasteiger charge is 2.45. The molecule has 8 heteroatoms. The highest BCUT2D eigenvalue weighted by atomic mass is 19.1. The van der Waals surface area contributed by atoms with Crippen molar-refractivity contribution in [2.45, 2.75) is 38.3 Å². The summed E-state index contributed by atoms with van der Waals surface area (Å²) in [5.74, 6) is 0.171. The number of para-hydroxylation sites is 1. The number of benzene rings is 1. The molecule has 1 aromatic carbocycles. The quantitative estimate of drug-likeness (QED) is 0.664. The molecule has 30 heavy (non-hydrogen) atoms. The number of aromatic nitrogens is 4. The van der Waals surface area contributed by atoms with Crippen LogP contribution in [0.2, 0.25) is 0 Å². The second-order valence-electron chi connectivity index (χ2n) is 7.99. The minimum absolute atomic E-state index is 0.0756. The molecule has 6 rings (SSSR count). The number of fused-ring (bicyclic) bond motifs is 3. The molecular formula is C22H22FN5O2. The van der Waals surface area contributed by atoms with Gasteiger partial charge in [-0.15, -0.1) is 4.80 Å². The number of carbonyl (C=O) groups is 1. The first-order chi connectivity index (χ1) is 14.6. The fourth-order valence-electron chi connectivity index (χ4n) is 4.55. The molecule has 3 fully saturated rings. The third-order valence-electron chi connectivity index (χ3n) is 5.97. The van der Waals surface area contributed by atoms with E-state index < -0.39 is 5.82 Å². The van der Waals surface area contributed by atoms with E-state index in [-0.39, 0.29) is 29.3 Å². The number of halogens is 1. The molecule has 0 N–H and O–H groups in total. The predicted octanol–water partition coefficient (Wildman–Crippen LogP) is 3.18. The highest BCUT2D eigenvalue weighted by molar-refractivity contribution is 5.98. The van der Waals surface area contributed by atoms with Gasteiger partial charge in [0.15, 0.2) is 5.82 Å². The van der Waals surface area contributed by atoms with E-state index in [2.05, 4.69) is 15.2 Å². The summed E-state index contributed by atoms with van der Waals surface area (Å²) >= 11 is 0. The number of pyridine rings is 1. The monoisotopic (exact) mass is 407 g/mol. The number of nitrogens with zero attached hydrogens (tertiary/aromatic N) is 5. The Morgan fingerprint density at radius 2 is 2.00 bits per heavy atom. The van der Waals surface area contributed by atoms with Gasteiger partial charge in [0.25, 0.3) is 5.91 Å². The normalized spacial score (nSPS) is 22.9. The van der Waals surface area contributed by atoms with Crippen LogP contribution in [0, 0.1) is 18.7 Å². The van der Waals surface area contributed by atoms with Crippen molar-refractivity contribution in [1.82, 2.24) is 24.9 Å². The largest absolute Gasteiger partial charge is 0.472 e. The molecule has 2 aliphatic heterocycles. The van der Waals surface area contributed by atoms with Crippen molar-refractivity contribution in [3.8, 4) is 11.6 Å². The molecule has 3 unspecified atom stereocenters. The van der Waals surface area contributed by atoms with Gasteiger partial charge in [-0.1, -0.05) is 12.1 Å². The van der Waals surface area contributed by atoms with Crippen LogP contribution in [0.3, 0.4) is 0 Å². The Kier molecular flexibility index (Phi) is 4.69. The highest BCUT2D eigenvalue weighted by Crippen LogP contribution is 2.38. The van der Waals surface area contributed by atoms with Crippen molar-refractivity contribution in [2.75, 3.05) is 6.54 Å². The van der Waals surface area contributed by atoms with E-state index in [1.54, 1.807) is 18.3 Å². The Balaban J connectivity index is 1.44. The topological polar surface area (TPSA) is 73.1 Å². The summed E-state index contributed by atoms with van der Waals surface area (Å²) in [6, 6.07) is 8.23. The van der Waals surface area contributed by atoms with Crippen LogP contribution in [0.4, 0.5) is 4.39 Å². The molecule has 1 aliphatic carbocycles. The lowest BCUT2D eigenvalue weighted by Crippen LogP contribution is -2.59. The minimum Gasteiger partial charge on any atom is -0.472 e. The first-order valence-electron chi connectivity index (χ1n) is 10.2. The summed E-state index contributed by atoms with van der Waals surface area (Å²) in [5.41, 5.74) is 1.40. The van der Waals surface area contributed by atoms with Crippen molar-refractivity contribution >= 4 is 5.91 Å². The van der Waals surface area contributed by atoms with Gasteiger partial charge < -0.3 is 9.64 Å². The van der Waals surface area contributed by atoms with Crippen molar-refractivity contribution in [1.29, 1.82) is 0 Å². The average molecular weight is 407 g/mol. The first kappa shape index (κ1) is 18.7. The van der Waals surface area contributed by atoms with Gasteiger partial charge in [0.05, 0.1) is 24.0 Å². The molecule has 3 aliphatic rings. The first-order valence-corrected chi connectivity index (χ1v) is 10.2. The van der Waals surface area contributed by atoms with Gasteiger partial charge in [0.1, 0.15) is 11.8 Å². The molecule has 2 saturated heterocycles. The summed E-state index contributed by atoms with van der Waals surface area (Å²) in [4.78, 5) is 20.9. The smallest absolute Gasteiger partial charge is 0.256 e. The van der Waals surface area contributed by atoms with Gasteiger partial charge in [-0.3, -0.25) is 4.79 Å². The maximum Gasteiger partial charge on any atom is 0.256 e. The summed E-state index contributed by atoms with van der Waals surface area (Å²) in [5, 5.41) is 8.05. The summed E-state index contributed by atoms with van der Waals surface area (Å²) in [7, 11) is 0. The van der Waals surface area contributed by atoms with E-state index >= 15 is 0 Å². The summed E-state index contributed by atoms with van der Waals surface area (Å²) in [6.07, 6.45) is 7.38. The second-order valence-corrected chi connectivity index (χ2v) is 7.99. The molecule has 1 saturated carbocycles. The van der Waals surface area contributed by atoms with E-state index in [1.807, 2.05) is 24.0 Å². The molecule has 1 amide bonds. The number of hydrogen-bond donors (Lipinski definition) is 0. The van der Waals surface area contributed by atoms with Crippen molar-refractivity contribution in [3.63, 3.8) is 0 Å². The number of carbonyl (C=O) groups excluding carboxylic acids is 1. The van der Waals surface area contributed by atoms with E-state index in [0.29, 0.717) is 18.3 Å². The molecule has 7 nitrogen and oxygen atoms in total. The minimum atomic E-state index is -0.532. The molecule has 0 spiro atoms. The number of rotatable bonds is 4. The number of amides is 1. The van der Waals surface area contributed by atoms with Gasteiger partial charge in [0.2, 0.25) is 5.88 Å². The maximum absolute atomic E-state index is 14.6. The van der Waals surface area contributed by atoms with Crippen LogP contribution in [0.5, 0.6) is 5.88 Å². The van der Waals surface area contributed by atoms with Crippen LogP contribution in [-0.4, -0.2) is 49.5 Å². The second kappa shape index (κ2) is 7.51. The molecular weight excluding hydrogens is 385 g/mol. The van der Waals surface area contributed by atoms with Crippen molar-refractivity contribution in [3.05, 3.63) is 65.9 Å². The lowest BCUT2D eigenvalue weighted by atomic mass is 9.77. The molecule has 2 aromatic heterocycles. The Hall–Kier alpha value is -3.29. The molecule has 154 valence electrons. The third-order valence-corrected chi connectivity index (χ3v) is 5.97. The fraction of sp³-hybridized carbons (Fsp3) is 0.364. The van der Waals surface area contributed by atoms with E-state index in [4.69, 9.17) is 4.74 Å². The fourth-order valence-corrected chi connectivity index (χ4v) is 4.55. The maximum atomic E-state index is 14.6. The SMILES string of the molecule is Cc1ccc(OC2CC3CCC2N(C(=O)c2cccc(F)c2-n2nccn2)C3)nc1. The lowest BCUT2D eigenvalue weighted by molar-refractivity contribution is -0.0313. The zero-order valence-electron chi connectivity index (χ0n) is 16.6. The Bertz CT molecular complexity index is 1050. The summed E-state index contributed by atoms with van der Waals surface area (Å²) in [6.45, 7) is 2.62. The van der Waals surface area contributed by atoms with E-state index in [1.165, 1.54) is 18.5 Å². The molecule has 4 heterocycles. The number of hydrogen-bond acceptors (Lipinski definition) is 5. The van der Waals surface area contributed by atoms with Gasteiger partial charge in [0, 0.05) is 18.8 Å². The zero-order chi connectivity index (χ0) is 20.7. The van der Waals surface area contributed by atoms with Crippen molar-refractivity contribution in [2.24, 2.45) is 5.92 Å². The van der Waals surface area contributed by atoms with Crippen LogP contribution in [0.1, 0.15) is 35.2 Å². The lowest BCUT2D eigenvalue weighted by Gasteiger charge is -2.49. The molecule has 3 aromatic rings. The van der Waals surface area contributed by atoms with Gasteiger partial charge in [-0.25, -0.2) is 9.37 Å². The Morgan fingerprint density at radius 3 is 2.73 bits per heavy atom. The Morgan fingerprint density at radius 1 is 1.17 bits per heavy atom.